The minimum atomic E-state index is -3.73. The first kappa shape index (κ1) is 27.4. The number of nitrogens with one attached hydrogen (secondary N) is 1. The molecule has 186 valence electrons. The summed E-state index contributed by atoms with van der Waals surface area (Å²) in [6, 6.07) is 14.4. The van der Waals surface area contributed by atoms with E-state index in [2.05, 4.69) is 5.32 Å². The zero-order valence-electron chi connectivity index (χ0n) is 21.0. The first-order chi connectivity index (χ1) is 15.9. The van der Waals surface area contributed by atoms with Crippen molar-refractivity contribution in [2.75, 3.05) is 30.2 Å². The molecule has 0 aromatic heterocycles. The number of carbonyl (C=O) groups excluding carboxylic acids is 2. The summed E-state index contributed by atoms with van der Waals surface area (Å²) in [7, 11) is -3.73. The lowest BCUT2D eigenvalue weighted by molar-refractivity contribution is -0.138. The van der Waals surface area contributed by atoms with Gasteiger partial charge < -0.3 is 10.2 Å². The minimum Gasteiger partial charge on any atom is -0.354 e. The van der Waals surface area contributed by atoms with Gasteiger partial charge in [0.25, 0.3) is 0 Å². The van der Waals surface area contributed by atoms with E-state index in [-0.39, 0.29) is 18.4 Å². The Morgan fingerprint density at radius 3 is 2.09 bits per heavy atom. The number of aryl methyl sites for hydroxylation is 2. The van der Waals surface area contributed by atoms with Crippen LogP contribution in [0.4, 0.5) is 5.69 Å². The highest BCUT2D eigenvalue weighted by Crippen LogP contribution is 2.22. The van der Waals surface area contributed by atoms with Gasteiger partial charge in [-0.25, -0.2) is 8.42 Å². The molecule has 0 bridgehead atoms. The maximum absolute atomic E-state index is 13.5. The number of amides is 2. The Labute approximate surface area is 204 Å². The van der Waals surface area contributed by atoms with E-state index in [9.17, 15) is 18.0 Å². The standard InChI is InChI=1S/C26H37N3O4S/c1-19(2)17-27-26(31)22(5)28(13-12-23-10-8-7-9-11-23)25(30)18-29(34(6,32)33)24-15-20(3)14-21(4)16-24/h7-11,14-16,19,22H,12-13,17-18H2,1-6H3,(H,27,31)/t22-/m0/s1. The number of hydrogen-bond donors (Lipinski definition) is 1. The average molecular weight is 488 g/mol. The second-order valence-electron chi connectivity index (χ2n) is 9.25. The summed E-state index contributed by atoms with van der Waals surface area (Å²) in [5.41, 5.74) is 3.27. The van der Waals surface area contributed by atoms with Crippen molar-refractivity contribution in [2.24, 2.45) is 5.92 Å². The molecule has 0 saturated carbocycles. The molecule has 8 heteroatoms. The lowest BCUT2D eigenvalue weighted by Crippen LogP contribution is -2.52. The van der Waals surface area contributed by atoms with Crippen molar-refractivity contribution in [3.8, 4) is 0 Å². The van der Waals surface area contributed by atoms with E-state index in [1.807, 2.05) is 64.1 Å². The van der Waals surface area contributed by atoms with Crippen LogP contribution in [0.25, 0.3) is 0 Å². The molecule has 2 rings (SSSR count). The monoisotopic (exact) mass is 487 g/mol. The maximum Gasteiger partial charge on any atom is 0.244 e. The fraction of sp³-hybridized carbons (Fsp3) is 0.462. The fourth-order valence-corrected chi connectivity index (χ4v) is 4.56. The van der Waals surface area contributed by atoms with Crippen molar-refractivity contribution in [2.45, 2.75) is 47.1 Å². The molecular weight excluding hydrogens is 450 g/mol. The predicted octanol–water partition coefficient (Wildman–Crippen LogP) is 3.30. The first-order valence-electron chi connectivity index (χ1n) is 11.6. The van der Waals surface area contributed by atoms with Crippen molar-refractivity contribution in [1.29, 1.82) is 0 Å². The molecule has 0 aliphatic carbocycles. The topological polar surface area (TPSA) is 86.8 Å². The molecule has 0 fully saturated rings. The summed E-state index contributed by atoms with van der Waals surface area (Å²) in [6.45, 7) is 9.86. The molecular formula is C26H37N3O4S. The van der Waals surface area contributed by atoms with Gasteiger partial charge in [0.05, 0.1) is 11.9 Å². The van der Waals surface area contributed by atoms with Gasteiger partial charge in [-0.1, -0.05) is 50.2 Å². The van der Waals surface area contributed by atoms with Crippen molar-refractivity contribution >= 4 is 27.5 Å². The Hall–Kier alpha value is -2.87. The van der Waals surface area contributed by atoms with Crippen LogP contribution in [0.1, 0.15) is 37.5 Å². The van der Waals surface area contributed by atoms with Crippen LogP contribution in [0, 0.1) is 19.8 Å². The van der Waals surface area contributed by atoms with E-state index in [4.69, 9.17) is 0 Å². The van der Waals surface area contributed by atoms with Crippen molar-refractivity contribution in [1.82, 2.24) is 10.2 Å². The molecule has 0 spiro atoms. The van der Waals surface area contributed by atoms with Crippen LogP contribution in [-0.4, -0.2) is 57.1 Å². The number of sulfonamides is 1. The maximum atomic E-state index is 13.5. The Kier molecular flexibility index (Phi) is 9.67. The molecule has 2 aromatic carbocycles. The van der Waals surface area contributed by atoms with Gasteiger partial charge in [-0.05, 0) is 61.9 Å². The third kappa shape index (κ3) is 8.17. The molecule has 7 nitrogen and oxygen atoms in total. The van der Waals surface area contributed by atoms with Crippen LogP contribution in [0.15, 0.2) is 48.5 Å². The summed E-state index contributed by atoms with van der Waals surface area (Å²) in [5, 5.41) is 2.88. The summed E-state index contributed by atoms with van der Waals surface area (Å²) in [5.74, 6) is -0.407. The highest BCUT2D eigenvalue weighted by molar-refractivity contribution is 7.92. The number of hydrogen-bond acceptors (Lipinski definition) is 4. The molecule has 1 atom stereocenters. The third-order valence-corrected chi connectivity index (χ3v) is 6.65. The van der Waals surface area contributed by atoms with E-state index in [1.54, 1.807) is 19.1 Å². The number of carbonyl (C=O) groups is 2. The Balaban J connectivity index is 2.32. The van der Waals surface area contributed by atoms with E-state index < -0.39 is 22.0 Å². The lowest BCUT2D eigenvalue weighted by Gasteiger charge is -2.31. The Morgan fingerprint density at radius 2 is 1.56 bits per heavy atom. The Morgan fingerprint density at radius 1 is 0.971 bits per heavy atom. The summed E-state index contributed by atoms with van der Waals surface area (Å²) >= 11 is 0. The van der Waals surface area contributed by atoms with Crippen LogP contribution in [-0.2, 0) is 26.0 Å². The van der Waals surface area contributed by atoms with Crippen molar-refractivity contribution in [3.63, 3.8) is 0 Å². The van der Waals surface area contributed by atoms with Crippen molar-refractivity contribution < 1.29 is 18.0 Å². The summed E-state index contributed by atoms with van der Waals surface area (Å²) in [6.07, 6.45) is 1.64. The van der Waals surface area contributed by atoms with Crippen LogP contribution >= 0.6 is 0 Å². The molecule has 34 heavy (non-hydrogen) atoms. The van der Waals surface area contributed by atoms with Crippen LogP contribution in [0.3, 0.4) is 0 Å². The quantitative estimate of drug-likeness (QED) is 0.527. The molecule has 2 aromatic rings. The number of benzene rings is 2. The molecule has 0 saturated heterocycles. The number of anilines is 1. The second kappa shape index (κ2) is 12.0. The van der Waals surface area contributed by atoms with Gasteiger partial charge in [-0.3, -0.25) is 13.9 Å². The van der Waals surface area contributed by atoms with Crippen molar-refractivity contribution in [3.05, 3.63) is 65.2 Å². The smallest absolute Gasteiger partial charge is 0.244 e. The molecule has 1 N–H and O–H groups in total. The molecule has 0 heterocycles. The SMILES string of the molecule is Cc1cc(C)cc(N(CC(=O)N(CCc2ccccc2)[C@@H](C)C(=O)NCC(C)C)S(C)(=O)=O)c1. The Bertz CT molecular complexity index is 1060. The third-order valence-electron chi connectivity index (χ3n) is 5.51. The van der Waals surface area contributed by atoms with Gasteiger partial charge in [0, 0.05) is 13.1 Å². The molecule has 0 radical (unpaired) electrons. The molecule has 0 aliphatic heterocycles. The predicted molar refractivity (Wildman–Crippen MR) is 137 cm³/mol. The first-order valence-corrected chi connectivity index (χ1v) is 13.4. The highest BCUT2D eigenvalue weighted by atomic mass is 32.2. The average Bonchev–Trinajstić information content (AvgIpc) is 2.74. The molecule has 2 amide bonds. The van der Waals surface area contributed by atoms with Gasteiger partial charge in [-0.15, -0.1) is 0 Å². The van der Waals surface area contributed by atoms with E-state index in [0.29, 0.717) is 25.2 Å². The largest absolute Gasteiger partial charge is 0.354 e. The van der Waals surface area contributed by atoms with Gasteiger partial charge in [0.1, 0.15) is 12.6 Å². The van der Waals surface area contributed by atoms with Gasteiger partial charge in [-0.2, -0.15) is 0 Å². The zero-order chi connectivity index (χ0) is 25.5. The van der Waals surface area contributed by atoms with E-state index >= 15 is 0 Å². The normalized spacial score (nSPS) is 12.3. The van der Waals surface area contributed by atoms with Gasteiger partial charge >= 0.3 is 0 Å². The molecule has 0 unspecified atom stereocenters. The molecule has 0 aliphatic rings. The van der Waals surface area contributed by atoms with E-state index in [0.717, 1.165) is 27.3 Å². The van der Waals surface area contributed by atoms with Crippen LogP contribution in [0.2, 0.25) is 0 Å². The zero-order valence-corrected chi connectivity index (χ0v) is 21.9. The van der Waals surface area contributed by atoms with Gasteiger partial charge in [0.15, 0.2) is 0 Å². The summed E-state index contributed by atoms with van der Waals surface area (Å²) in [4.78, 5) is 27.8. The van der Waals surface area contributed by atoms with Gasteiger partial charge in [0.2, 0.25) is 21.8 Å². The highest BCUT2D eigenvalue weighted by Gasteiger charge is 2.29. The van der Waals surface area contributed by atoms with Crippen LogP contribution < -0.4 is 9.62 Å². The fourth-order valence-electron chi connectivity index (χ4n) is 3.73. The number of nitrogens with zero attached hydrogens (tertiary/aromatic N) is 2. The second-order valence-corrected chi connectivity index (χ2v) is 11.2. The number of rotatable bonds is 11. The minimum absolute atomic E-state index is 0.257. The van der Waals surface area contributed by atoms with E-state index in [1.165, 1.54) is 4.90 Å². The van der Waals surface area contributed by atoms with Crippen LogP contribution in [0.5, 0.6) is 0 Å². The summed E-state index contributed by atoms with van der Waals surface area (Å²) < 4.78 is 26.4. The lowest BCUT2D eigenvalue weighted by atomic mass is 10.1.